The van der Waals surface area contributed by atoms with E-state index >= 15 is 0 Å². The fraction of sp³-hybridized carbons (Fsp3) is 0.240. The third-order valence-electron chi connectivity index (χ3n) is 4.51. The summed E-state index contributed by atoms with van der Waals surface area (Å²) in [5, 5.41) is 3.59. The van der Waals surface area contributed by atoms with Crippen LogP contribution >= 0.6 is 11.6 Å². The molecule has 3 aromatic carbocycles. The summed E-state index contributed by atoms with van der Waals surface area (Å²) in [6.07, 6.45) is 0. The normalized spacial score (nSPS) is 10.4. The minimum atomic E-state index is -0.185. The summed E-state index contributed by atoms with van der Waals surface area (Å²) in [4.78, 5) is 12.6. The maximum atomic E-state index is 12.6. The molecule has 0 aliphatic carbocycles. The zero-order valence-corrected chi connectivity index (χ0v) is 18.4. The van der Waals surface area contributed by atoms with Gasteiger partial charge in [0, 0.05) is 22.7 Å². The molecule has 1 N–H and O–H groups in total. The molecule has 0 aromatic heterocycles. The van der Waals surface area contributed by atoms with Crippen molar-refractivity contribution >= 4 is 17.5 Å². The van der Waals surface area contributed by atoms with Gasteiger partial charge >= 0.3 is 0 Å². The summed E-state index contributed by atoms with van der Waals surface area (Å²) in [5.74, 6) is 1.79. The van der Waals surface area contributed by atoms with Crippen molar-refractivity contribution in [2.75, 3.05) is 13.2 Å². The van der Waals surface area contributed by atoms with E-state index in [4.69, 9.17) is 25.8 Å². The highest BCUT2D eigenvalue weighted by Crippen LogP contribution is 2.28. The van der Waals surface area contributed by atoms with Gasteiger partial charge in [-0.05, 0) is 55.8 Å². The maximum absolute atomic E-state index is 12.6. The number of hydrogen-bond acceptors (Lipinski definition) is 4. The van der Waals surface area contributed by atoms with Crippen LogP contribution in [0.2, 0.25) is 5.02 Å². The predicted molar refractivity (Wildman–Crippen MR) is 122 cm³/mol. The van der Waals surface area contributed by atoms with E-state index in [0.29, 0.717) is 54.2 Å². The van der Waals surface area contributed by atoms with Gasteiger partial charge < -0.3 is 19.5 Å². The van der Waals surface area contributed by atoms with Crippen molar-refractivity contribution in [1.29, 1.82) is 0 Å². The highest BCUT2D eigenvalue weighted by Gasteiger charge is 2.10. The van der Waals surface area contributed by atoms with Crippen LogP contribution in [0, 0.1) is 0 Å². The van der Waals surface area contributed by atoms with Crippen LogP contribution in [0.3, 0.4) is 0 Å². The smallest absolute Gasteiger partial charge is 0.251 e. The molecule has 0 spiro atoms. The van der Waals surface area contributed by atoms with Crippen LogP contribution in [0.1, 0.15) is 35.3 Å². The quantitative estimate of drug-likeness (QED) is 0.443. The molecular formula is C25H26ClNO4. The Labute approximate surface area is 187 Å². The molecule has 0 atom stereocenters. The molecule has 0 unspecified atom stereocenters. The average Bonchev–Trinajstić information content (AvgIpc) is 2.79. The van der Waals surface area contributed by atoms with Gasteiger partial charge in [0.25, 0.3) is 5.91 Å². The lowest BCUT2D eigenvalue weighted by molar-refractivity contribution is 0.0950. The molecule has 3 rings (SSSR count). The molecule has 0 heterocycles. The highest BCUT2D eigenvalue weighted by molar-refractivity contribution is 6.31. The number of halogens is 1. The van der Waals surface area contributed by atoms with Crippen molar-refractivity contribution in [3.05, 3.63) is 88.4 Å². The first-order valence-electron chi connectivity index (χ1n) is 10.2. The Bertz CT molecular complexity index is 1020. The summed E-state index contributed by atoms with van der Waals surface area (Å²) >= 11 is 6.17. The molecular weight excluding hydrogens is 414 g/mol. The molecule has 1 amide bonds. The minimum absolute atomic E-state index is 0.185. The number of benzene rings is 3. The zero-order chi connectivity index (χ0) is 22.1. The van der Waals surface area contributed by atoms with Gasteiger partial charge in [0.15, 0.2) is 11.5 Å². The first-order chi connectivity index (χ1) is 15.1. The average molecular weight is 440 g/mol. The highest BCUT2D eigenvalue weighted by atomic mass is 35.5. The van der Waals surface area contributed by atoms with Crippen LogP contribution in [-0.4, -0.2) is 19.1 Å². The van der Waals surface area contributed by atoms with E-state index in [1.165, 1.54) is 0 Å². The van der Waals surface area contributed by atoms with E-state index in [9.17, 15) is 4.79 Å². The number of nitrogens with one attached hydrogen (secondary N) is 1. The lowest BCUT2D eigenvalue weighted by Crippen LogP contribution is -2.22. The standard InChI is InChI=1S/C25H26ClNO4/c1-3-29-23-13-12-18(14-24(23)30-4-2)16-27-25(28)19-9-7-10-21(15-19)31-17-20-8-5-6-11-22(20)26/h5-15H,3-4,16-17H2,1-2H3,(H,27,28). The molecule has 5 nitrogen and oxygen atoms in total. The summed E-state index contributed by atoms with van der Waals surface area (Å²) in [6, 6.07) is 20.2. The van der Waals surface area contributed by atoms with Crippen LogP contribution in [-0.2, 0) is 13.2 Å². The van der Waals surface area contributed by atoms with Gasteiger partial charge in [0.1, 0.15) is 12.4 Å². The monoisotopic (exact) mass is 439 g/mol. The van der Waals surface area contributed by atoms with Crippen molar-refractivity contribution in [2.45, 2.75) is 27.0 Å². The number of rotatable bonds is 10. The second-order valence-electron chi connectivity index (χ2n) is 6.74. The predicted octanol–water partition coefficient (Wildman–Crippen LogP) is 5.65. The molecule has 0 radical (unpaired) electrons. The van der Waals surface area contributed by atoms with Crippen molar-refractivity contribution in [3.8, 4) is 17.2 Å². The van der Waals surface area contributed by atoms with Crippen LogP contribution in [0.15, 0.2) is 66.7 Å². The van der Waals surface area contributed by atoms with Crippen molar-refractivity contribution in [2.24, 2.45) is 0 Å². The van der Waals surface area contributed by atoms with E-state index in [1.807, 2.05) is 62.4 Å². The SMILES string of the molecule is CCOc1ccc(CNC(=O)c2cccc(OCc3ccccc3Cl)c2)cc1OCC. The molecule has 3 aromatic rings. The molecule has 0 aliphatic rings. The summed E-state index contributed by atoms with van der Waals surface area (Å²) < 4.78 is 17.0. The third kappa shape index (κ3) is 6.40. The summed E-state index contributed by atoms with van der Waals surface area (Å²) in [6.45, 7) is 5.65. The largest absolute Gasteiger partial charge is 0.490 e. The van der Waals surface area contributed by atoms with Crippen LogP contribution in [0.5, 0.6) is 17.2 Å². The molecule has 0 fully saturated rings. The Morgan fingerprint density at radius 3 is 2.42 bits per heavy atom. The second-order valence-corrected chi connectivity index (χ2v) is 7.14. The summed E-state index contributed by atoms with van der Waals surface area (Å²) in [5.41, 5.74) is 2.33. The van der Waals surface area contributed by atoms with Gasteiger partial charge in [-0.2, -0.15) is 0 Å². The Morgan fingerprint density at radius 1 is 0.871 bits per heavy atom. The van der Waals surface area contributed by atoms with Crippen molar-refractivity contribution in [3.63, 3.8) is 0 Å². The molecule has 31 heavy (non-hydrogen) atoms. The zero-order valence-electron chi connectivity index (χ0n) is 17.7. The van der Waals surface area contributed by atoms with Gasteiger partial charge in [-0.15, -0.1) is 0 Å². The molecule has 0 saturated carbocycles. The topological polar surface area (TPSA) is 56.8 Å². The van der Waals surface area contributed by atoms with E-state index in [-0.39, 0.29) is 5.91 Å². The second kappa shape index (κ2) is 11.3. The minimum Gasteiger partial charge on any atom is -0.490 e. The van der Waals surface area contributed by atoms with E-state index < -0.39 is 0 Å². The lowest BCUT2D eigenvalue weighted by Gasteiger charge is -2.13. The van der Waals surface area contributed by atoms with Crippen LogP contribution in [0.4, 0.5) is 0 Å². The lowest BCUT2D eigenvalue weighted by atomic mass is 10.1. The molecule has 0 saturated heterocycles. The fourth-order valence-corrected chi connectivity index (χ4v) is 3.18. The first kappa shape index (κ1) is 22.5. The van der Waals surface area contributed by atoms with Crippen molar-refractivity contribution in [1.82, 2.24) is 5.32 Å². The van der Waals surface area contributed by atoms with Gasteiger partial charge in [-0.1, -0.05) is 41.9 Å². The Balaban J connectivity index is 1.61. The first-order valence-corrected chi connectivity index (χ1v) is 10.6. The number of hydrogen-bond donors (Lipinski definition) is 1. The molecule has 0 bridgehead atoms. The molecule has 6 heteroatoms. The van der Waals surface area contributed by atoms with Gasteiger partial charge in [0.2, 0.25) is 0 Å². The molecule has 162 valence electrons. The third-order valence-corrected chi connectivity index (χ3v) is 4.88. The number of carbonyl (C=O) groups excluding carboxylic acids is 1. The Kier molecular flexibility index (Phi) is 8.19. The molecule has 0 aliphatic heterocycles. The summed E-state index contributed by atoms with van der Waals surface area (Å²) in [7, 11) is 0. The van der Waals surface area contributed by atoms with E-state index in [1.54, 1.807) is 18.2 Å². The maximum Gasteiger partial charge on any atom is 0.251 e. The number of amides is 1. The van der Waals surface area contributed by atoms with E-state index in [2.05, 4.69) is 5.32 Å². The Morgan fingerprint density at radius 2 is 1.65 bits per heavy atom. The van der Waals surface area contributed by atoms with Crippen LogP contribution in [0.25, 0.3) is 0 Å². The van der Waals surface area contributed by atoms with E-state index in [0.717, 1.165) is 11.1 Å². The Hall–Kier alpha value is -3.18. The van der Waals surface area contributed by atoms with Gasteiger partial charge in [-0.3, -0.25) is 4.79 Å². The number of carbonyl (C=O) groups is 1. The van der Waals surface area contributed by atoms with Crippen molar-refractivity contribution < 1.29 is 19.0 Å². The van der Waals surface area contributed by atoms with Gasteiger partial charge in [-0.25, -0.2) is 0 Å². The fourth-order valence-electron chi connectivity index (χ4n) is 2.99. The van der Waals surface area contributed by atoms with Crippen LogP contribution < -0.4 is 19.5 Å². The van der Waals surface area contributed by atoms with Gasteiger partial charge in [0.05, 0.1) is 13.2 Å². The number of ether oxygens (including phenoxy) is 3.